The Morgan fingerprint density at radius 2 is 1.77 bits per heavy atom. The minimum Gasteiger partial charge on any atom is -0.324 e. The summed E-state index contributed by atoms with van der Waals surface area (Å²) < 4.78 is 65.7. The maximum Gasteiger partial charge on any atom is 0.270 e. The second-order valence-electron chi connectivity index (χ2n) is 8.92. The first-order valence-electron chi connectivity index (χ1n) is 11.0. The molecule has 0 spiro atoms. The van der Waals surface area contributed by atoms with Crippen LogP contribution in [0.5, 0.6) is 0 Å². The number of pyridine rings is 1. The molecule has 1 aromatic heterocycles. The normalized spacial score (nSPS) is 21.5. The maximum atomic E-state index is 14.6. The van der Waals surface area contributed by atoms with Crippen LogP contribution in [-0.4, -0.2) is 54.2 Å². The van der Waals surface area contributed by atoms with E-state index >= 15 is 0 Å². The number of hydrogen-bond donors (Lipinski definition) is 0. The molecule has 0 aliphatic carbocycles. The van der Waals surface area contributed by atoms with Crippen LogP contribution in [0.4, 0.5) is 19.0 Å². The van der Waals surface area contributed by atoms with Gasteiger partial charge in [0.2, 0.25) is 5.91 Å². The number of rotatable bonds is 5. The highest BCUT2D eigenvalue weighted by atomic mass is 35.5. The van der Waals surface area contributed by atoms with Crippen LogP contribution in [0, 0.1) is 11.7 Å². The van der Waals surface area contributed by atoms with Crippen LogP contribution in [-0.2, 0) is 31.9 Å². The minimum absolute atomic E-state index is 0.0267. The Morgan fingerprint density at radius 3 is 2.34 bits per heavy atom. The highest BCUT2D eigenvalue weighted by Crippen LogP contribution is 2.33. The van der Waals surface area contributed by atoms with Gasteiger partial charge in [0.15, 0.2) is 11.6 Å². The Balaban J connectivity index is 1.67. The molecule has 2 fully saturated rings. The first kappa shape index (κ1) is 25.4. The van der Waals surface area contributed by atoms with E-state index < -0.39 is 51.9 Å². The summed E-state index contributed by atoms with van der Waals surface area (Å²) in [5, 5.41) is 0.0267. The number of aromatic nitrogens is 1. The van der Waals surface area contributed by atoms with Gasteiger partial charge in [-0.3, -0.25) is 14.5 Å². The predicted octanol–water partition coefficient (Wildman–Crippen LogP) is 3.55. The van der Waals surface area contributed by atoms with E-state index in [1.807, 2.05) is 0 Å². The van der Waals surface area contributed by atoms with Crippen LogP contribution in [0.1, 0.15) is 30.9 Å². The van der Waals surface area contributed by atoms with Crippen molar-refractivity contribution in [1.29, 1.82) is 0 Å². The van der Waals surface area contributed by atoms with Gasteiger partial charge in [0.05, 0.1) is 16.5 Å². The monoisotopic (exact) mass is 529 g/mol. The van der Waals surface area contributed by atoms with Crippen LogP contribution in [0.2, 0.25) is 5.02 Å². The molecule has 1 atom stereocenters. The third-order valence-corrected chi connectivity index (χ3v) is 8.29. The van der Waals surface area contributed by atoms with Gasteiger partial charge in [0.25, 0.3) is 11.8 Å². The Bertz CT molecular complexity index is 1240. The van der Waals surface area contributed by atoms with E-state index in [2.05, 4.69) is 4.98 Å². The fourth-order valence-corrected chi connectivity index (χ4v) is 6.18. The highest BCUT2D eigenvalue weighted by Gasteiger charge is 2.46. The van der Waals surface area contributed by atoms with Crippen molar-refractivity contribution in [2.24, 2.45) is 5.92 Å². The smallest absolute Gasteiger partial charge is 0.270 e. The average Bonchev–Trinajstić information content (AvgIpc) is 2.77. The third kappa shape index (κ3) is 5.45. The van der Waals surface area contributed by atoms with E-state index in [4.69, 9.17) is 11.6 Å². The van der Waals surface area contributed by atoms with Crippen molar-refractivity contribution in [2.45, 2.75) is 38.3 Å². The zero-order chi connectivity index (χ0) is 25.5. The van der Waals surface area contributed by atoms with Gasteiger partial charge < -0.3 is 4.90 Å². The molecule has 0 saturated carbocycles. The molecule has 35 heavy (non-hydrogen) atoms. The van der Waals surface area contributed by atoms with Crippen LogP contribution >= 0.6 is 11.6 Å². The predicted molar refractivity (Wildman–Crippen MR) is 123 cm³/mol. The molecule has 2 aromatic rings. The number of alkyl halides is 2. The van der Waals surface area contributed by atoms with Gasteiger partial charge in [-0.2, -0.15) is 0 Å². The first-order chi connectivity index (χ1) is 16.4. The van der Waals surface area contributed by atoms with Crippen molar-refractivity contribution in [2.75, 3.05) is 23.0 Å². The SMILES string of the molecule is CC(F)(F)c1ccc(CN2C(=O)CN(c3ncc(Cl)cc3F)C(=O)C2C2CCS(=O)(=O)CC2)cc1. The summed E-state index contributed by atoms with van der Waals surface area (Å²) in [4.78, 5) is 33.0. The molecule has 0 radical (unpaired) electrons. The summed E-state index contributed by atoms with van der Waals surface area (Å²) in [5.74, 6) is -6.05. The Kier molecular flexibility index (Phi) is 6.85. The number of amides is 2. The van der Waals surface area contributed by atoms with Crippen molar-refractivity contribution < 1.29 is 31.2 Å². The number of nitrogens with zero attached hydrogens (tertiary/aromatic N) is 3. The Labute approximate surface area is 205 Å². The quantitative estimate of drug-likeness (QED) is 0.591. The van der Waals surface area contributed by atoms with E-state index in [1.54, 1.807) is 0 Å². The fraction of sp³-hybridized carbons (Fsp3) is 0.435. The molecule has 3 heterocycles. The van der Waals surface area contributed by atoms with Crippen LogP contribution < -0.4 is 4.90 Å². The molecule has 1 unspecified atom stereocenters. The molecular formula is C23H23ClF3N3O4S. The lowest BCUT2D eigenvalue weighted by Gasteiger charge is -2.44. The fourth-order valence-electron chi connectivity index (χ4n) is 4.50. The number of halogens is 4. The number of anilines is 1. The van der Waals surface area contributed by atoms with Crippen molar-refractivity contribution in [3.63, 3.8) is 0 Å². The zero-order valence-corrected chi connectivity index (χ0v) is 20.3. The molecular weight excluding hydrogens is 507 g/mol. The summed E-state index contributed by atoms with van der Waals surface area (Å²) in [6.07, 6.45) is 1.49. The molecule has 2 aliphatic heterocycles. The lowest BCUT2D eigenvalue weighted by molar-refractivity contribution is -0.146. The second kappa shape index (κ2) is 9.42. The lowest BCUT2D eigenvalue weighted by atomic mass is 9.89. The molecule has 2 amide bonds. The summed E-state index contributed by atoms with van der Waals surface area (Å²) in [6, 6.07) is 5.36. The summed E-state index contributed by atoms with van der Waals surface area (Å²) in [7, 11) is -3.24. The Hall–Kier alpha value is -2.66. The van der Waals surface area contributed by atoms with E-state index in [-0.39, 0.29) is 47.3 Å². The van der Waals surface area contributed by atoms with E-state index in [0.29, 0.717) is 5.56 Å². The maximum absolute atomic E-state index is 14.6. The van der Waals surface area contributed by atoms with Crippen LogP contribution in [0.25, 0.3) is 0 Å². The van der Waals surface area contributed by atoms with Gasteiger partial charge in [0.1, 0.15) is 22.4 Å². The van der Waals surface area contributed by atoms with Gasteiger partial charge in [0, 0.05) is 25.2 Å². The van der Waals surface area contributed by atoms with Crippen molar-refractivity contribution in [3.8, 4) is 0 Å². The number of sulfone groups is 1. The van der Waals surface area contributed by atoms with Crippen LogP contribution in [0.3, 0.4) is 0 Å². The van der Waals surface area contributed by atoms with Gasteiger partial charge in [-0.25, -0.2) is 26.6 Å². The van der Waals surface area contributed by atoms with Crippen molar-refractivity contribution >= 4 is 39.1 Å². The molecule has 7 nitrogen and oxygen atoms in total. The molecule has 188 valence electrons. The van der Waals surface area contributed by atoms with Gasteiger partial charge in [-0.15, -0.1) is 0 Å². The zero-order valence-electron chi connectivity index (χ0n) is 18.8. The molecule has 0 N–H and O–H groups in total. The van der Waals surface area contributed by atoms with Crippen LogP contribution in [0.15, 0.2) is 36.5 Å². The molecule has 2 saturated heterocycles. The van der Waals surface area contributed by atoms with Gasteiger partial charge in [-0.05, 0) is 30.4 Å². The molecule has 0 bridgehead atoms. The summed E-state index contributed by atoms with van der Waals surface area (Å²) >= 11 is 5.77. The summed E-state index contributed by atoms with van der Waals surface area (Å²) in [6.45, 7) is 0.260. The standard InChI is InChI=1S/C23H23ClF3N3O4S/c1-23(26,27)16-4-2-14(3-5-16)12-29-19(31)13-30(21-18(25)10-17(24)11-28-21)22(32)20(29)15-6-8-35(33,34)9-7-15/h2-5,10-11,15,20H,6-9,12-13H2,1H3. The minimum atomic E-state index is -3.24. The number of hydrogen-bond acceptors (Lipinski definition) is 5. The van der Waals surface area contributed by atoms with E-state index in [0.717, 1.165) is 24.1 Å². The summed E-state index contributed by atoms with van der Waals surface area (Å²) in [5.41, 5.74) is 0.337. The van der Waals surface area contributed by atoms with Gasteiger partial charge in [-0.1, -0.05) is 35.9 Å². The van der Waals surface area contributed by atoms with E-state index in [9.17, 15) is 31.2 Å². The largest absolute Gasteiger partial charge is 0.324 e. The number of piperazine rings is 1. The Morgan fingerprint density at radius 1 is 1.14 bits per heavy atom. The number of carbonyl (C=O) groups is 2. The molecule has 12 heteroatoms. The molecule has 1 aromatic carbocycles. The number of benzene rings is 1. The second-order valence-corrected chi connectivity index (χ2v) is 11.7. The molecule has 2 aliphatic rings. The van der Waals surface area contributed by atoms with Crippen molar-refractivity contribution in [3.05, 3.63) is 58.5 Å². The highest BCUT2D eigenvalue weighted by molar-refractivity contribution is 7.91. The van der Waals surface area contributed by atoms with Crippen molar-refractivity contribution in [1.82, 2.24) is 9.88 Å². The first-order valence-corrected chi connectivity index (χ1v) is 13.2. The molecule has 4 rings (SSSR count). The topological polar surface area (TPSA) is 87.7 Å². The van der Waals surface area contributed by atoms with Gasteiger partial charge >= 0.3 is 0 Å². The lowest BCUT2D eigenvalue weighted by Crippen LogP contribution is -2.63. The third-order valence-electron chi connectivity index (χ3n) is 6.37. The van der Waals surface area contributed by atoms with E-state index in [1.165, 1.54) is 29.2 Å². The average molecular weight is 530 g/mol. The number of carbonyl (C=O) groups excluding carboxylic acids is 2.